The fraction of sp³-hybridized carbons (Fsp3) is 0.647. The first kappa shape index (κ1) is 22.4. The van der Waals surface area contributed by atoms with Crippen LogP contribution in [0.15, 0.2) is 21.2 Å². The number of ether oxygens (including phenoxy) is 2. The summed E-state index contributed by atoms with van der Waals surface area (Å²) in [5.41, 5.74) is -2.14. The zero-order valence-electron chi connectivity index (χ0n) is 16.4. The van der Waals surface area contributed by atoms with E-state index in [2.05, 4.69) is 15.0 Å². The van der Waals surface area contributed by atoms with E-state index >= 15 is 0 Å². The molecule has 0 saturated heterocycles. The highest BCUT2D eigenvalue weighted by Gasteiger charge is 2.37. The molecule has 0 fully saturated rings. The second-order valence-corrected chi connectivity index (χ2v) is 7.22. The summed E-state index contributed by atoms with van der Waals surface area (Å²) in [4.78, 5) is 35.5. The second kappa shape index (κ2) is 8.83. The number of aryl methyl sites for hydroxylation is 1. The zero-order valence-corrected chi connectivity index (χ0v) is 16.4. The molecule has 0 bridgehead atoms. The standard InChI is InChI=1S/C17H26FN3O6/c1-11-20-27-15(24)21(11)10-12(18)8-7-9-17(5,13(22)25-6)19-14(23)26-16(2,3)4/h8H,7,9-10H2,1-6H3,(H,19,23)/b12-8-/t17-/m1/s1. The van der Waals surface area contributed by atoms with Crippen molar-refractivity contribution >= 4 is 12.1 Å². The van der Waals surface area contributed by atoms with E-state index in [0.717, 1.165) is 4.57 Å². The maximum atomic E-state index is 14.1. The number of alkyl carbamates (subject to hydrolysis) is 1. The van der Waals surface area contributed by atoms with Gasteiger partial charge in [0.25, 0.3) is 0 Å². The predicted molar refractivity (Wildman–Crippen MR) is 93.7 cm³/mol. The summed E-state index contributed by atoms with van der Waals surface area (Å²) in [5, 5.41) is 5.91. The summed E-state index contributed by atoms with van der Waals surface area (Å²) in [7, 11) is 1.19. The van der Waals surface area contributed by atoms with Crippen molar-refractivity contribution in [3.8, 4) is 0 Å². The Morgan fingerprint density at radius 3 is 2.44 bits per heavy atom. The van der Waals surface area contributed by atoms with Crippen LogP contribution in [0.25, 0.3) is 0 Å². The van der Waals surface area contributed by atoms with Crippen LogP contribution >= 0.6 is 0 Å². The molecule has 0 aromatic carbocycles. The number of rotatable bonds is 7. The Kier molecular flexibility index (Phi) is 7.32. The van der Waals surface area contributed by atoms with Crippen LogP contribution in [0.3, 0.4) is 0 Å². The highest BCUT2D eigenvalue weighted by molar-refractivity contribution is 5.85. The molecule has 0 radical (unpaired) electrons. The van der Waals surface area contributed by atoms with Gasteiger partial charge < -0.3 is 14.8 Å². The van der Waals surface area contributed by atoms with Crippen molar-refractivity contribution in [2.45, 2.75) is 65.1 Å². The van der Waals surface area contributed by atoms with E-state index in [9.17, 15) is 18.8 Å². The fourth-order valence-corrected chi connectivity index (χ4v) is 2.22. The smallest absolute Gasteiger partial charge is 0.441 e. The number of hydrogen-bond acceptors (Lipinski definition) is 7. The Labute approximate surface area is 156 Å². The third-order valence-corrected chi connectivity index (χ3v) is 3.60. The lowest BCUT2D eigenvalue weighted by Crippen LogP contribution is -2.53. The Morgan fingerprint density at radius 1 is 1.33 bits per heavy atom. The number of hydrogen-bond donors (Lipinski definition) is 1. The van der Waals surface area contributed by atoms with Crippen molar-refractivity contribution in [2.24, 2.45) is 0 Å². The van der Waals surface area contributed by atoms with Crippen LogP contribution in [0.5, 0.6) is 0 Å². The van der Waals surface area contributed by atoms with Crippen LogP contribution in [0.4, 0.5) is 9.18 Å². The van der Waals surface area contributed by atoms with Gasteiger partial charge in [-0.15, -0.1) is 0 Å². The van der Waals surface area contributed by atoms with Gasteiger partial charge in [0.2, 0.25) is 0 Å². The van der Waals surface area contributed by atoms with Crippen molar-refractivity contribution in [1.82, 2.24) is 15.0 Å². The van der Waals surface area contributed by atoms with Crippen LogP contribution < -0.4 is 11.1 Å². The molecule has 0 unspecified atom stereocenters. The minimum Gasteiger partial charge on any atom is -0.467 e. The highest BCUT2D eigenvalue weighted by atomic mass is 19.1. The molecule has 0 aliphatic heterocycles. The topological polar surface area (TPSA) is 113 Å². The van der Waals surface area contributed by atoms with Crippen LogP contribution in [-0.2, 0) is 20.8 Å². The fourth-order valence-electron chi connectivity index (χ4n) is 2.22. The van der Waals surface area contributed by atoms with Crippen molar-refractivity contribution in [1.29, 1.82) is 0 Å². The number of carbonyl (C=O) groups is 2. The minimum absolute atomic E-state index is 0.0594. The monoisotopic (exact) mass is 387 g/mol. The van der Waals surface area contributed by atoms with E-state index in [0.29, 0.717) is 0 Å². The van der Waals surface area contributed by atoms with Gasteiger partial charge in [0.05, 0.1) is 13.7 Å². The van der Waals surface area contributed by atoms with Crippen LogP contribution in [0, 0.1) is 6.92 Å². The summed E-state index contributed by atoms with van der Waals surface area (Å²) in [6.45, 7) is 7.71. The van der Waals surface area contributed by atoms with Gasteiger partial charge in [-0.3, -0.25) is 9.09 Å². The highest BCUT2D eigenvalue weighted by Crippen LogP contribution is 2.18. The minimum atomic E-state index is -1.40. The number of nitrogens with zero attached hydrogens (tertiary/aromatic N) is 2. The van der Waals surface area contributed by atoms with Gasteiger partial charge in [-0.2, -0.15) is 0 Å². The van der Waals surface area contributed by atoms with Crippen LogP contribution in [0.1, 0.15) is 46.4 Å². The largest absolute Gasteiger partial charge is 0.467 e. The summed E-state index contributed by atoms with van der Waals surface area (Å²) in [6, 6.07) is 0. The number of amides is 1. The SMILES string of the molecule is COC(=O)[C@@](C)(CC/C=C(\F)Cn1c(C)noc1=O)NC(=O)OC(C)(C)C. The van der Waals surface area contributed by atoms with Gasteiger partial charge >= 0.3 is 17.8 Å². The average Bonchev–Trinajstić information content (AvgIpc) is 2.83. The van der Waals surface area contributed by atoms with Crippen molar-refractivity contribution in [3.63, 3.8) is 0 Å². The summed E-state index contributed by atoms with van der Waals surface area (Å²) < 4.78 is 29.4. The lowest BCUT2D eigenvalue weighted by Gasteiger charge is -2.29. The van der Waals surface area contributed by atoms with E-state index in [-0.39, 0.29) is 25.2 Å². The first-order valence-corrected chi connectivity index (χ1v) is 8.35. The summed E-state index contributed by atoms with van der Waals surface area (Å²) in [6.07, 6.45) is 0.596. The number of aromatic nitrogens is 2. The molecule has 0 aliphatic carbocycles. The van der Waals surface area contributed by atoms with Crippen molar-refractivity contribution in [3.05, 3.63) is 28.3 Å². The quantitative estimate of drug-likeness (QED) is 0.714. The Balaban J connectivity index is 2.78. The molecule has 1 N–H and O–H groups in total. The van der Waals surface area contributed by atoms with Gasteiger partial charge in [0, 0.05) is 0 Å². The maximum Gasteiger partial charge on any atom is 0.441 e. The zero-order chi connectivity index (χ0) is 20.8. The lowest BCUT2D eigenvalue weighted by molar-refractivity contribution is -0.148. The first-order chi connectivity index (χ1) is 12.4. The van der Waals surface area contributed by atoms with E-state index in [1.165, 1.54) is 27.0 Å². The van der Waals surface area contributed by atoms with E-state index in [4.69, 9.17) is 9.47 Å². The number of halogens is 1. The molecule has 0 saturated carbocycles. The summed E-state index contributed by atoms with van der Waals surface area (Å²) >= 11 is 0. The lowest BCUT2D eigenvalue weighted by atomic mass is 9.95. The molecule has 1 heterocycles. The van der Waals surface area contributed by atoms with Gasteiger partial charge in [-0.25, -0.2) is 18.8 Å². The molecule has 152 valence electrons. The molecule has 1 amide bonds. The molecular formula is C17H26FN3O6. The van der Waals surface area contributed by atoms with Crippen molar-refractivity contribution in [2.75, 3.05) is 7.11 Å². The Morgan fingerprint density at radius 2 is 1.96 bits per heavy atom. The number of esters is 1. The normalized spacial score (nSPS) is 14.4. The predicted octanol–water partition coefficient (Wildman–Crippen LogP) is 2.23. The number of nitrogens with one attached hydrogen (secondary N) is 1. The number of carbonyl (C=O) groups excluding carboxylic acids is 2. The van der Waals surface area contributed by atoms with Gasteiger partial charge in [-0.1, -0.05) is 11.2 Å². The third-order valence-electron chi connectivity index (χ3n) is 3.60. The van der Waals surface area contributed by atoms with Gasteiger partial charge in [0.1, 0.15) is 17.0 Å². The molecular weight excluding hydrogens is 361 g/mol. The molecule has 1 atom stereocenters. The molecule has 1 rings (SSSR count). The molecule has 9 nitrogen and oxygen atoms in total. The van der Waals surface area contributed by atoms with Gasteiger partial charge in [-0.05, 0) is 47.5 Å². The Bertz CT molecular complexity index is 761. The molecule has 0 spiro atoms. The molecule has 27 heavy (non-hydrogen) atoms. The van der Waals surface area contributed by atoms with E-state index in [1.54, 1.807) is 20.8 Å². The first-order valence-electron chi connectivity index (χ1n) is 8.35. The van der Waals surface area contributed by atoms with Crippen molar-refractivity contribution < 1.29 is 28.0 Å². The molecule has 1 aromatic heterocycles. The number of methoxy groups -OCH3 is 1. The van der Waals surface area contributed by atoms with Gasteiger partial charge in [0.15, 0.2) is 5.82 Å². The number of allylic oxidation sites excluding steroid dienone is 2. The van der Waals surface area contributed by atoms with Crippen LogP contribution in [0.2, 0.25) is 0 Å². The van der Waals surface area contributed by atoms with Crippen LogP contribution in [-0.4, -0.2) is 40.0 Å². The average molecular weight is 387 g/mol. The molecule has 1 aromatic rings. The third kappa shape index (κ3) is 6.87. The second-order valence-electron chi connectivity index (χ2n) is 7.22. The van der Waals surface area contributed by atoms with E-state index in [1.807, 2.05) is 0 Å². The maximum absolute atomic E-state index is 14.1. The molecule has 0 aliphatic rings. The van der Waals surface area contributed by atoms with E-state index < -0.39 is 34.8 Å². The molecule has 10 heteroatoms. The Hall–Kier alpha value is -2.65. The summed E-state index contributed by atoms with van der Waals surface area (Å²) in [5.74, 6) is -1.81.